The van der Waals surface area contributed by atoms with Crippen LogP contribution in [-0.4, -0.2) is 28.0 Å². The molecule has 0 bridgehead atoms. The molecule has 1 N–H and O–H groups in total. The Morgan fingerprint density at radius 3 is 2.52 bits per heavy atom. The van der Waals surface area contributed by atoms with Crippen molar-refractivity contribution in [1.29, 1.82) is 0 Å². The van der Waals surface area contributed by atoms with E-state index in [1.165, 1.54) is 40.7 Å². The van der Waals surface area contributed by atoms with E-state index >= 15 is 0 Å². The Morgan fingerprint density at radius 2 is 1.79 bits per heavy atom. The predicted octanol–water partition coefficient (Wildman–Crippen LogP) is 3.48. The molecule has 0 aliphatic carbocycles. The summed E-state index contributed by atoms with van der Waals surface area (Å²) in [6.07, 6.45) is 0. The van der Waals surface area contributed by atoms with Gasteiger partial charge in [0, 0.05) is 29.8 Å². The van der Waals surface area contributed by atoms with Crippen LogP contribution in [0, 0.1) is 18.6 Å². The van der Waals surface area contributed by atoms with E-state index in [1.807, 2.05) is 0 Å². The van der Waals surface area contributed by atoms with Gasteiger partial charge in [-0.05, 0) is 30.7 Å². The van der Waals surface area contributed by atoms with Crippen LogP contribution in [0.3, 0.4) is 0 Å². The molecule has 0 aliphatic rings. The minimum absolute atomic E-state index is 0.152. The number of aryl methyl sites for hydroxylation is 1. The molecule has 0 saturated carbocycles. The molecule has 5 nitrogen and oxygen atoms in total. The van der Waals surface area contributed by atoms with Crippen LogP contribution in [0.2, 0.25) is 0 Å². The van der Waals surface area contributed by atoms with E-state index in [0.29, 0.717) is 22.8 Å². The highest BCUT2D eigenvalue weighted by molar-refractivity contribution is 7.98. The lowest BCUT2D eigenvalue weighted by atomic mass is 10.2. The zero-order valence-corrected chi connectivity index (χ0v) is 16.5. The number of carbonyl (C=O) groups excluding carboxylic acids is 1. The highest BCUT2D eigenvalue weighted by atomic mass is 32.2. The molecule has 0 atom stereocenters. The smallest absolute Gasteiger partial charge is 0.275 e. The van der Waals surface area contributed by atoms with Crippen LogP contribution in [0.25, 0.3) is 5.69 Å². The number of nitrogens with one attached hydrogen (secondary N) is 1. The number of aromatic nitrogens is 2. The Morgan fingerprint density at radius 1 is 1.10 bits per heavy atom. The summed E-state index contributed by atoms with van der Waals surface area (Å²) >= 11 is 1.46. The first-order valence-corrected chi connectivity index (χ1v) is 10.1. The van der Waals surface area contributed by atoms with Gasteiger partial charge in [-0.15, -0.1) is 0 Å². The molecule has 29 heavy (non-hydrogen) atoms. The van der Waals surface area contributed by atoms with Crippen molar-refractivity contribution in [2.24, 2.45) is 0 Å². The summed E-state index contributed by atoms with van der Waals surface area (Å²) in [5.74, 6) is -0.394. The van der Waals surface area contributed by atoms with Gasteiger partial charge < -0.3 is 5.32 Å². The second-order valence-electron chi connectivity index (χ2n) is 6.26. The lowest BCUT2D eigenvalue weighted by molar-refractivity contribution is 0.0948. The molecule has 0 radical (unpaired) electrons. The maximum Gasteiger partial charge on any atom is 0.275 e. The van der Waals surface area contributed by atoms with E-state index < -0.39 is 17.2 Å². The van der Waals surface area contributed by atoms with Gasteiger partial charge in [0.1, 0.15) is 17.3 Å². The molecule has 150 valence electrons. The van der Waals surface area contributed by atoms with Gasteiger partial charge in [0.2, 0.25) is 5.43 Å². The number of rotatable bonds is 7. The number of thioether (sulfide) groups is 1. The number of halogens is 2. The Hall–Kier alpha value is -3.00. The van der Waals surface area contributed by atoms with E-state index in [1.54, 1.807) is 37.3 Å². The summed E-state index contributed by atoms with van der Waals surface area (Å²) < 4.78 is 28.9. The van der Waals surface area contributed by atoms with Crippen molar-refractivity contribution in [3.8, 4) is 5.69 Å². The molecular weight excluding hydrogens is 396 g/mol. The largest absolute Gasteiger partial charge is 0.350 e. The average molecular weight is 415 g/mol. The second kappa shape index (κ2) is 9.47. The van der Waals surface area contributed by atoms with Crippen molar-refractivity contribution in [3.05, 3.63) is 93.4 Å². The molecule has 3 aromatic rings. The fourth-order valence-electron chi connectivity index (χ4n) is 2.69. The molecule has 0 fully saturated rings. The maximum atomic E-state index is 14.1. The van der Waals surface area contributed by atoms with E-state index in [2.05, 4.69) is 10.4 Å². The number of hydrogen-bond donors (Lipinski definition) is 1. The van der Waals surface area contributed by atoms with Gasteiger partial charge in [0.05, 0.1) is 0 Å². The highest BCUT2D eigenvalue weighted by Crippen LogP contribution is 2.15. The topological polar surface area (TPSA) is 64.0 Å². The molecule has 3 rings (SSSR count). The third-order valence-corrected chi connectivity index (χ3v) is 5.16. The van der Waals surface area contributed by atoms with E-state index in [-0.39, 0.29) is 23.7 Å². The fourth-order valence-corrected chi connectivity index (χ4v) is 3.53. The summed E-state index contributed by atoms with van der Waals surface area (Å²) in [6, 6.07) is 13.7. The van der Waals surface area contributed by atoms with Crippen LogP contribution in [0.4, 0.5) is 8.78 Å². The standard InChI is InChI=1S/C21H19F2N3O2S/c1-14-12-19(27)20(25-26(14)18-9-5-4-8-17(18)23)21(28)24-10-11-29-13-15-6-2-3-7-16(15)22/h2-9,12H,10-11,13H2,1H3,(H,24,28). The Labute approximate surface area is 170 Å². The van der Waals surface area contributed by atoms with Crippen LogP contribution in [-0.2, 0) is 5.75 Å². The first-order valence-electron chi connectivity index (χ1n) is 8.92. The Bertz CT molecular complexity index is 1090. The number of nitrogens with zero attached hydrogens (tertiary/aromatic N) is 2. The zero-order valence-electron chi connectivity index (χ0n) is 15.7. The molecular formula is C21H19F2N3O2S. The first-order chi connectivity index (χ1) is 14.0. The minimum atomic E-state index is -0.633. The van der Waals surface area contributed by atoms with Crippen molar-refractivity contribution in [3.63, 3.8) is 0 Å². The second-order valence-corrected chi connectivity index (χ2v) is 7.37. The summed E-state index contributed by atoms with van der Waals surface area (Å²) in [5, 5.41) is 6.69. The maximum absolute atomic E-state index is 14.1. The summed E-state index contributed by atoms with van der Waals surface area (Å²) in [7, 11) is 0. The molecule has 2 aromatic carbocycles. The quantitative estimate of drug-likeness (QED) is 0.600. The summed E-state index contributed by atoms with van der Waals surface area (Å²) in [5.41, 5.74) is 0.318. The van der Waals surface area contributed by atoms with Crippen molar-refractivity contribution in [2.75, 3.05) is 12.3 Å². The van der Waals surface area contributed by atoms with Gasteiger partial charge in [0.25, 0.3) is 5.91 Å². The van der Waals surface area contributed by atoms with E-state index in [4.69, 9.17) is 0 Å². The zero-order chi connectivity index (χ0) is 20.8. The number of amides is 1. The van der Waals surface area contributed by atoms with Gasteiger partial charge in [-0.2, -0.15) is 16.9 Å². The van der Waals surface area contributed by atoms with E-state index in [0.717, 1.165) is 0 Å². The highest BCUT2D eigenvalue weighted by Gasteiger charge is 2.16. The van der Waals surface area contributed by atoms with Crippen LogP contribution < -0.4 is 10.7 Å². The average Bonchev–Trinajstić information content (AvgIpc) is 2.70. The molecule has 0 unspecified atom stereocenters. The Balaban J connectivity index is 1.63. The lowest BCUT2D eigenvalue weighted by Crippen LogP contribution is -2.33. The number of benzene rings is 2. The predicted molar refractivity (Wildman–Crippen MR) is 109 cm³/mol. The third-order valence-electron chi connectivity index (χ3n) is 4.15. The molecule has 0 spiro atoms. The van der Waals surface area contributed by atoms with Gasteiger partial charge in [-0.1, -0.05) is 30.3 Å². The molecule has 0 aliphatic heterocycles. The van der Waals surface area contributed by atoms with Crippen LogP contribution in [0.15, 0.2) is 59.4 Å². The molecule has 0 saturated heterocycles. The molecule has 1 heterocycles. The monoisotopic (exact) mass is 415 g/mol. The van der Waals surface area contributed by atoms with Crippen molar-refractivity contribution >= 4 is 17.7 Å². The number of para-hydroxylation sites is 1. The summed E-state index contributed by atoms with van der Waals surface area (Å²) in [4.78, 5) is 24.6. The van der Waals surface area contributed by atoms with Crippen molar-refractivity contribution in [1.82, 2.24) is 15.1 Å². The third kappa shape index (κ3) is 5.08. The molecule has 1 aromatic heterocycles. The Kier molecular flexibility index (Phi) is 6.77. The lowest BCUT2D eigenvalue weighted by Gasteiger charge is -2.12. The summed E-state index contributed by atoms with van der Waals surface area (Å²) in [6.45, 7) is 1.90. The van der Waals surface area contributed by atoms with Gasteiger partial charge in [-0.3, -0.25) is 9.59 Å². The van der Waals surface area contributed by atoms with Crippen LogP contribution in [0.5, 0.6) is 0 Å². The normalized spacial score (nSPS) is 10.7. The number of carbonyl (C=O) groups is 1. The van der Waals surface area contributed by atoms with Crippen LogP contribution >= 0.6 is 11.8 Å². The fraction of sp³-hybridized carbons (Fsp3) is 0.190. The van der Waals surface area contributed by atoms with Gasteiger partial charge >= 0.3 is 0 Å². The number of hydrogen-bond acceptors (Lipinski definition) is 4. The molecule has 8 heteroatoms. The first kappa shape index (κ1) is 20.7. The van der Waals surface area contributed by atoms with Crippen molar-refractivity contribution in [2.45, 2.75) is 12.7 Å². The van der Waals surface area contributed by atoms with Crippen molar-refractivity contribution < 1.29 is 13.6 Å². The van der Waals surface area contributed by atoms with Crippen LogP contribution in [0.1, 0.15) is 21.7 Å². The van der Waals surface area contributed by atoms with Gasteiger partial charge in [-0.25, -0.2) is 13.5 Å². The molecule has 1 amide bonds. The van der Waals surface area contributed by atoms with E-state index in [9.17, 15) is 18.4 Å². The minimum Gasteiger partial charge on any atom is -0.350 e. The van der Waals surface area contributed by atoms with Gasteiger partial charge in [0.15, 0.2) is 5.69 Å². The SMILES string of the molecule is Cc1cc(=O)c(C(=O)NCCSCc2ccccc2F)nn1-c1ccccc1F.